The molecule has 0 aromatic rings. The molecule has 24 heavy (non-hydrogen) atoms. The third-order valence-corrected chi connectivity index (χ3v) is 7.02. The molecule has 0 saturated carbocycles. The Morgan fingerprint density at radius 3 is 2.29 bits per heavy atom. The molecule has 0 aromatic carbocycles. The highest BCUT2D eigenvalue weighted by atomic mass is 32.2. The van der Waals surface area contributed by atoms with Gasteiger partial charge in [0.05, 0.1) is 5.41 Å². The van der Waals surface area contributed by atoms with Crippen molar-refractivity contribution in [2.75, 3.05) is 6.79 Å². The maximum atomic E-state index is 13.6. The molecular weight excluding hydrogens is 345 g/mol. The highest BCUT2D eigenvalue weighted by Crippen LogP contribution is 2.47. The van der Waals surface area contributed by atoms with Crippen LogP contribution in [0.15, 0.2) is 0 Å². The van der Waals surface area contributed by atoms with Crippen molar-refractivity contribution < 1.29 is 36.7 Å². The van der Waals surface area contributed by atoms with Gasteiger partial charge in [0, 0.05) is 0 Å². The van der Waals surface area contributed by atoms with Gasteiger partial charge >= 0.3 is 11.9 Å². The molecule has 1 amide bonds. The predicted molar refractivity (Wildman–Crippen MR) is 78.8 cm³/mol. The Labute approximate surface area is 139 Å². The average molecular weight is 365 g/mol. The molecule has 0 aromatic heterocycles. The van der Waals surface area contributed by atoms with Gasteiger partial charge in [-0.3, -0.25) is 9.59 Å². The minimum absolute atomic E-state index is 0.615. The number of alkyl halides is 1. The smallest absolute Gasteiger partial charge is 0.333 e. The van der Waals surface area contributed by atoms with Crippen molar-refractivity contribution in [2.24, 2.45) is 5.41 Å². The lowest BCUT2D eigenvalue weighted by molar-refractivity contribution is -0.181. The Hall–Kier alpha value is -1.71. The number of rotatable bonds is 3. The molecule has 3 atom stereocenters. The number of nitrogens with zero attached hydrogens (tertiary/aromatic N) is 1. The lowest BCUT2D eigenvalue weighted by atomic mass is 9.97. The second kappa shape index (κ2) is 5.40. The molecule has 2 aliphatic heterocycles. The predicted octanol–water partition coefficient (Wildman–Crippen LogP) is 0.158. The number of ether oxygens (including phenoxy) is 2. The number of sulfone groups is 1. The number of esters is 2. The van der Waals surface area contributed by atoms with Gasteiger partial charge in [0.25, 0.3) is 5.91 Å². The van der Waals surface area contributed by atoms with E-state index in [1.165, 1.54) is 13.8 Å². The Bertz CT molecular complexity index is 694. The Kier molecular flexibility index (Phi) is 4.19. The molecule has 0 spiro atoms. The van der Waals surface area contributed by atoms with Crippen LogP contribution in [0.2, 0.25) is 0 Å². The molecule has 2 saturated heterocycles. The van der Waals surface area contributed by atoms with E-state index in [1.807, 2.05) is 0 Å². The van der Waals surface area contributed by atoms with Crippen LogP contribution >= 0.6 is 0 Å². The summed E-state index contributed by atoms with van der Waals surface area (Å²) in [5.74, 6) is -2.74. The van der Waals surface area contributed by atoms with Crippen molar-refractivity contribution in [3.05, 3.63) is 0 Å². The molecule has 2 aliphatic rings. The zero-order valence-electron chi connectivity index (χ0n) is 14.0. The Morgan fingerprint density at radius 2 is 1.79 bits per heavy atom. The normalized spacial score (nSPS) is 30.3. The third kappa shape index (κ3) is 2.47. The number of carbonyl (C=O) groups excluding carboxylic acids is 3. The highest BCUT2D eigenvalue weighted by Gasteiger charge is 2.73. The molecule has 10 heteroatoms. The van der Waals surface area contributed by atoms with Gasteiger partial charge in [0.1, 0.15) is 4.75 Å². The molecule has 136 valence electrons. The molecule has 2 fully saturated rings. The first-order valence-electron chi connectivity index (χ1n) is 7.28. The fourth-order valence-corrected chi connectivity index (χ4v) is 4.76. The fourth-order valence-electron chi connectivity index (χ4n) is 2.67. The summed E-state index contributed by atoms with van der Waals surface area (Å²) in [5, 5.41) is -1.67. The Balaban J connectivity index is 2.12. The molecule has 0 N–H and O–H groups in total. The molecular formula is C14H20FNO7S. The van der Waals surface area contributed by atoms with Crippen molar-refractivity contribution in [3.8, 4) is 0 Å². The standard InChI is InChI=1S/C14H20FNO7S/c1-13(2,3)12(19)23-6-22-11(18)8-14(4,5)24(20,21)10-7(15)9(17)16(8)10/h7-8,10H,6H2,1-5H3/t7-,8-,10+/m0/s1. The van der Waals surface area contributed by atoms with Crippen LogP contribution in [-0.2, 0) is 33.7 Å². The van der Waals surface area contributed by atoms with E-state index >= 15 is 0 Å². The van der Waals surface area contributed by atoms with Gasteiger partial charge in [0.2, 0.25) is 13.0 Å². The summed E-state index contributed by atoms with van der Waals surface area (Å²) in [4.78, 5) is 36.2. The minimum Gasteiger partial charge on any atom is -0.427 e. The average Bonchev–Trinajstić information content (AvgIpc) is 2.58. The topological polar surface area (TPSA) is 107 Å². The van der Waals surface area contributed by atoms with Gasteiger partial charge in [-0.2, -0.15) is 0 Å². The minimum atomic E-state index is -4.09. The third-order valence-electron chi connectivity index (χ3n) is 4.23. The lowest BCUT2D eigenvalue weighted by Gasteiger charge is -2.38. The van der Waals surface area contributed by atoms with E-state index in [-0.39, 0.29) is 0 Å². The number of β-lactam (4-membered cyclic amide) rings is 1. The van der Waals surface area contributed by atoms with Crippen LogP contribution in [0.1, 0.15) is 34.6 Å². The number of halogens is 1. The summed E-state index contributed by atoms with van der Waals surface area (Å²) in [6, 6.07) is -1.49. The van der Waals surface area contributed by atoms with Crippen LogP contribution in [0.25, 0.3) is 0 Å². The molecule has 8 nitrogen and oxygen atoms in total. The largest absolute Gasteiger partial charge is 0.427 e. The van der Waals surface area contributed by atoms with Gasteiger partial charge in [0.15, 0.2) is 21.3 Å². The zero-order chi connectivity index (χ0) is 18.7. The summed E-state index contributed by atoms with van der Waals surface area (Å²) in [7, 11) is -4.09. The van der Waals surface area contributed by atoms with E-state index < -0.39 is 62.2 Å². The van der Waals surface area contributed by atoms with Crippen LogP contribution in [0.4, 0.5) is 4.39 Å². The van der Waals surface area contributed by atoms with E-state index in [0.717, 1.165) is 0 Å². The summed E-state index contributed by atoms with van der Waals surface area (Å²) < 4.78 is 46.2. The molecule has 0 radical (unpaired) electrons. The van der Waals surface area contributed by atoms with Crippen molar-refractivity contribution in [2.45, 2.75) is 57.0 Å². The van der Waals surface area contributed by atoms with Crippen LogP contribution in [-0.4, -0.2) is 60.3 Å². The van der Waals surface area contributed by atoms with Gasteiger partial charge in [-0.15, -0.1) is 0 Å². The maximum absolute atomic E-state index is 13.6. The molecule has 2 rings (SSSR count). The van der Waals surface area contributed by atoms with Crippen LogP contribution in [0, 0.1) is 5.41 Å². The van der Waals surface area contributed by atoms with Gasteiger partial charge < -0.3 is 14.4 Å². The van der Waals surface area contributed by atoms with Gasteiger partial charge in [-0.05, 0) is 34.6 Å². The number of hydrogen-bond donors (Lipinski definition) is 0. The molecule has 0 bridgehead atoms. The monoisotopic (exact) mass is 365 g/mol. The van der Waals surface area contributed by atoms with Gasteiger partial charge in [-0.1, -0.05) is 0 Å². The SMILES string of the molecule is CC(C)(C)C(=O)OCOC(=O)[C@@H]1N2C(=O)[C@H](F)[C@H]2S(=O)(=O)C1(C)C. The summed E-state index contributed by atoms with van der Waals surface area (Å²) >= 11 is 0. The van der Waals surface area contributed by atoms with E-state index in [1.54, 1.807) is 20.8 Å². The first-order valence-corrected chi connectivity index (χ1v) is 8.83. The van der Waals surface area contributed by atoms with E-state index in [9.17, 15) is 27.2 Å². The van der Waals surface area contributed by atoms with E-state index in [2.05, 4.69) is 0 Å². The number of fused-ring (bicyclic) bond motifs is 1. The quantitative estimate of drug-likeness (QED) is 0.398. The van der Waals surface area contributed by atoms with Crippen LogP contribution in [0.3, 0.4) is 0 Å². The molecule has 0 aliphatic carbocycles. The van der Waals surface area contributed by atoms with Gasteiger partial charge in [-0.25, -0.2) is 17.6 Å². The highest BCUT2D eigenvalue weighted by molar-refractivity contribution is 7.94. The summed E-state index contributed by atoms with van der Waals surface area (Å²) in [6.07, 6.45) is -2.18. The van der Waals surface area contributed by atoms with Crippen molar-refractivity contribution in [1.82, 2.24) is 4.90 Å². The first-order chi connectivity index (χ1) is 10.7. The van der Waals surface area contributed by atoms with Crippen LogP contribution in [0.5, 0.6) is 0 Å². The number of amides is 1. The first kappa shape index (κ1) is 18.6. The van der Waals surface area contributed by atoms with Crippen molar-refractivity contribution >= 4 is 27.7 Å². The Morgan fingerprint density at radius 1 is 1.25 bits per heavy atom. The van der Waals surface area contributed by atoms with Crippen LogP contribution < -0.4 is 0 Å². The molecule has 2 heterocycles. The van der Waals surface area contributed by atoms with E-state index in [4.69, 9.17) is 9.47 Å². The lowest BCUT2D eigenvalue weighted by Crippen LogP contribution is -2.65. The fraction of sp³-hybridized carbons (Fsp3) is 0.786. The zero-order valence-corrected chi connectivity index (χ0v) is 14.8. The van der Waals surface area contributed by atoms with Crippen molar-refractivity contribution in [1.29, 1.82) is 0 Å². The maximum Gasteiger partial charge on any atom is 0.333 e. The number of carbonyl (C=O) groups is 3. The summed E-state index contributed by atoms with van der Waals surface area (Å²) in [6.45, 7) is 6.56. The number of hydrogen-bond acceptors (Lipinski definition) is 7. The molecule has 0 unspecified atom stereocenters. The second-order valence-corrected chi connectivity index (χ2v) is 9.98. The van der Waals surface area contributed by atoms with E-state index in [0.29, 0.717) is 4.90 Å². The van der Waals surface area contributed by atoms with Crippen molar-refractivity contribution in [3.63, 3.8) is 0 Å². The second-order valence-electron chi connectivity index (χ2n) is 7.35. The summed E-state index contributed by atoms with van der Waals surface area (Å²) in [5.41, 5.74) is -0.803.